The van der Waals surface area contributed by atoms with Crippen LogP contribution in [0.3, 0.4) is 0 Å². The van der Waals surface area contributed by atoms with Gasteiger partial charge in [-0.3, -0.25) is 0 Å². The van der Waals surface area contributed by atoms with Gasteiger partial charge < -0.3 is 0 Å². The van der Waals surface area contributed by atoms with Crippen molar-refractivity contribution in [3.63, 3.8) is 0 Å². The minimum Gasteiger partial charge on any atom is -0.227 e. The fraction of sp³-hybridized carbons (Fsp3) is 0.143. The van der Waals surface area contributed by atoms with Crippen molar-refractivity contribution in [1.29, 1.82) is 0 Å². The summed E-state index contributed by atoms with van der Waals surface area (Å²) < 4.78 is 22.7. The first kappa shape index (κ1) is 10.1. The minimum atomic E-state index is -3.46. The van der Waals surface area contributed by atoms with E-state index in [9.17, 15) is 8.42 Å². The van der Waals surface area contributed by atoms with Crippen molar-refractivity contribution < 1.29 is 8.42 Å². The lowest BCUT2D eigenvalue weighted by Gasteiger charge is -1.98. The van der Waals surface area contributed by atoms with Gasteiger partial charge in [-0.15, -0.1) is 6.58 Å². The predicted molar refractivity (Wildman–Crippen MR) is 49.3 cm³/mol. The van der Waals surface area contributed by atoms with E-state index in [0.29, 0.717) is 0 Å². The van der Waals surface area contributed by atoms with E-state index in [1.807, 2.05) is 0 Å². The second-order valence-corrected chi connectivity index (χ2v) is 4.55. The molecular weight excluding hydrogens is 212 g/mol. The standard InChI is InChI=1S/C7H7ClN2O2S/c1-2-5-13(11,12)7-9-4-3-6(8)10-7/h2-4H,1,5H2. The van der Waals surface area contributed by atoms with E-state index in [0.717, 1.165) is 0 Å². The lowest BCUT2D eigenvalue weighted by molar-refractivity contribution is 0.590. The van der Waals surface area contributed by atoms with Crippen molar-refractivity contribution in [2.75, 3.05) is 5.75 Å². The van der Waals surface area contributed by atoms with Crippen LogP contribution in [0.2, 0.25) is 5.15 Å². The van der Waals surface area contributed by atoms with Crippen LogP contribution in [0, 0.1) is 0 Å². The smallest absolute Gasteiger partial charge is 0.227 e. The van der Waals surface area contributed by atoms with Gasteiger partial charge in [-0.25, -0.2) is 18.4 Å². The lowest BCUT2D eigenvalue weighted by atomic mass is 10.7. The number of sulfone groups is 1. The highest BCUT2D eigenvalue weighted by atomic mass is 35.5. The van der Waals surface area contributed by atoms with Crippen molar-refractivity contribution in [3.8, 4) is 0 Å². The highest BCUT2D eigenvalue weighted by Gasteiger charge is 2.15. The van der Waals surface area contributed by atoms with Crippen LogP contribution in [0.1, 0.15) is 0 Å². The molecule has 0 spiro atoms. The van der Waals surface area contributed by atoms with Gasteiger partial charge in [-0.05, 0) is 6.07 Å². The number of halogens is 1. The SMILES string of the molecule is C=CCS(=O)(=O)c1nccc(Cl)n1. The van der Waals surface area contributed by atoms with Crippen LogP contribution in [-0.4, -0.2) is 24.1 Å². The fourth-order valence-corrected chi connectivity index (χ4v) is 1.80. The topological polar surface area (TPSA) is 59.9 Å². The van der Waals surface area contributed by atoms with Gasteiger partial charge in [0.2, 0.25) is 15.0 Å². The maximum atomic E-state index is 11.3. The molecule has 0 aliphatic heterocycles. The molecule has 1 rings (SSSR count). The van der Waals surface area contributed by atoms with Gasteiger partial charge in [0.05, 0.1) is 5.75 Å². The number of rotatable bonds is 3. The molecular formula is C7H7ClN2O2S. The van der Waals surface area contributed by atoms with E-state index in [1.165, 1.54) is 18.3 Å². The Morgan fingerprint density at radius 1 is 1.62 bits per heavy atom. The lowest BCUT2D eigenvalue weighted by Crippen LogP contribution is -2.08. The number of hydrogen-bond acceptors (Lipinski definition) is 4. The molecule has 0 saturated heterocycles. The van der Waals surface area contributed by atoms with Crippen molar-refractivity contribution >= 4 is 21.4 Å². The molecule has 0 N–H and O–H groups in total. The Balaban J connectivity index is 3.15. The van der Waals surface area contributed by atoms with Crippen LogP contribution in [-0.2, 0) is 9.84 Å². The summed E-state index contributed by atoms with van der Waals surface area (Å²) in [4.78, 5) is 7.18. The van der Waals surface area contributed by atoms with E-state index in [2.05, 4.69) is 16.5 Å². The number of aromatic nitrogens is 2. The van der Waals surface area contributed by atoms with Gasteiger partial charge in [0.25, 0.3) is 0 Å². The molecule has 0 fully saturated rings. The Bertz CT molecular complexity index is 416. The molecule has 0 radical (unpaired) electrons. The first-order valence-electron chi connectivity index (χ1n) is 3.38. The van der Waals surface area contributed by atoms with Crippen LogP contribution < -0.4 is 0 Å². The van der Waals surface area contributed by atoms with Gasteiger partial charge in [-0.2, -0.15) is 0 Å². The molecule has 0 aromatic carbocycles. The highest BCUT2D eigenvalue weighted by molar-refractivity contribution is 7.91. The summed E-state index contributed by atoms with van der Waals surface area (Å²) in [6.45, 7) is 3.33. The third-order valence-corrected chi connectivity index (χ3v) is 2.85. The van der Waals surface area contributed by atoms with E-state index in [-0.39, 0.29) is 16.1 Å². The minimum absolute atomic E-state index is 0.109. The summed E-state index contributed by atoms with van der Waals surface area (Å²) >= 11 is 5.51. The van der Waals surface area contributed by atoms with Gasteiger partial charge >= 0.3 is 0 Å². The zero-order valence-electron chi connectivity index (χ0n) is 6.64. The van der Waals surface area contributed by atoms with Crippen molar-refractivity contribution in [3.05, 3.63) is 30.1 Å². The van der Waals surface area contributed by atoms with Crippen LogP contribution in [0.25, 0.3) is 0 Å². The second-order valence-electron chi connectivity index (χ2n) is 2.23. The molecule has 0 atom stereocenters. The average molecular weight is 219 g/mol. The monoisotopic (exact) mass is 218 g/mol. The molecule has 0 aliphatic rings. The summed E-state index contributed by atoms with van der Waals surface area (Å²) in [6, 6.07) is 1.41. The third kappa shape index (κ3) is 2.50. The van der Waals surface area contributed by atoms with Gasteiger partial charge in [-0.1, -0.05) is 17.7 Å². The highest BCUT2D eigenvalue weighted by Crippen LogP contribution is 2.08. The first-order valence-corrected chi connectivity index (χ1v) is 5.41. The Hall–Kier alpha value is -0.940. The average Bonchev–Trinajstić information content (AvgIpc) is 2.04. The van der Waals surface area contributed by atoms with Gasteiger partial charge in [0.15, 0.2) is 0 Å². The molecule has 0 amide bonds. The molecule has 1 heterocycles. The summed E-state index contributed by atoms with van der Waals surface area (Å²) in [5.41, 5.74) is 0. The van der Waals surface area contributed by atoms with E-state index < -0.39 is 9.84 Å². The molecule has 0 bridgehead atoms. The molecule has 13 heavy (non-hydrogen) atoms. The summed E-state index contributed by atoms with van der Waals surface area (Å²) in [5, 5.41) is -0.155. The number of hydrogen-bond donors (Lipinski definition) is 0. The molecule has 1 aromatic rings. The molecule has 0 aliphatic carbocycles. The maximum absolute atomic E-state index is 11.3. The molecule has 70 valence electrons. The van der Waals surface area contributed by atoms with Crippen LogP contribution in [0.5, 0.6) is 0 Å². The zero-order valence-corrected chi connectivity index (χ0v) is 8.22. The molecule has 1 aromatic heterocycles. The van der Waals surface area contributed by atoms with Crippen molar-refractivity contribution in [2.45, 2.75) is 5.16 Å². The van der Waals surface area contributed by atoms with Crippen LogP contribution in [0.15, 0.2) is 30.1 Å². The maximum Gasteiger partial charge on any atom is 0.248 e. The molecule has 6 heteroatoms. The largest absolute Gasteiger partial charge is 0.248 e. The molecule has 0 saturated carbocycles. The Labute approximate surface area is 81.2 Å². The van der Waals surface area contributed by atoms with Gasteiger partial charge in [0.1, 0.15) is 5.15 Å². The van der Waals surface area contributed by atoms with Crippen LogP contribution in [0.4, 0.5) is 0 Å². The summed E-state index contributed by atoms with van der Waals surface area (Å²) in [6.07, 6.45) is 2.57. The predicted octanol–water partition coefficient (Wildman–Crippen LogP) is 1.09. The number of nitrogens with zero attached hydrogens (tertiary/aromatic N) is 2. The third-order valence-electron chi connectivity index (χ3n) is 1.21. The van der Waals surface area contributed by atoms with E-state index in [1.54, 1.807) is 0 Å². The quantitative estimate of drug-likeness (QED) is 0.433. The Morgan fingerprint density at radius 2 is 2.31 bits per heavy atom. The molecule has 0 unspecified atom stereocenters. The normalized spacial score (nSPS) is 11.2. The van der Waals surface area contributed by atoms with E-state index in [4.69, 9.17) is 11.6 Å². The van der Waals surface area contributed by atoms with Crippen molar-refractivity contribution in [2.24, 2.45) is 0 Å². The first-order chi connectivity index (χ1) is 6.06. The Morgan fingerprint density at radius 3 is 2.85 bits per heavy atom. The summed E-state index contributed by atoms with van der Waals surface area (Å²) in [5.74, 6) is -0.187. The van der Waals surface area contributed by atoms with Crippen LogP contribution >= 0.6 is 11.6 Å². The van der Waals surface area contributed by atoms with Crippen molar-refractivity contribution in [1.82, 2.24) is 9.97 Å². The van der Waals surface area contributed by atoms with E-state index >= 15 is 0 Å². The fourth-order valence-electron chi connectivity index (χ4n) is 0.700. The Kier molecular flexibility index (Phi) is 3.00. The summed E-state index contributed by atoms with van der Waals surface area (Å²) in [7, 11) is -3.46. The molecule has 4 nitrogen and oxygen atoms in total. The second kappa shape index (κ2) is 3.85. The zero-order chi connectivity index (χ0) is 9.90. The van der Waals surface area contributed by atoms with Gasteiger partial charge in [0, 0.05) is 6.20 Å².